The molecule has 0 spiro atoms. The Balaban J connectivity index is 2.59. The van der Waals surface area contributed by atoms with Crippen LogP contribution in [0.1, 0.15) is 37.6 Å². The van der Waals surface area contributed by atoms with Crippen LogP contribution >= 0.6 is 11.3 Å². The maximum atomic E-state index is 11.7. The van der Waals surface area contributed by atoms with Gasteiger partial charge < -0.3 is 0 Å². The van der Waals surface area contributed by atoms with E-state index < -0.39 is 15.9 Å². The fourth-order valence-electron chi connectivity index (χ4n) is 1.09. The first kappa shape index (κ1) is 14.2. The molecule has 0 atom stereocenters. The van der Waals surface area contributed by atoms with E-state index in [1.165, 1.54) is 11.3 Å². The summed E-state index contributed by atoms with van der Waals surface area (Å²) in [6.45, 7) is 5.88. The van der Waals surface area contributed by atoms with Crippen molar-refractivity contribution in [1.29, 1.82) is 0 Å². The minimum Gasteiger partial charge on any atom is -0.268 e. The van der Waals surface area contributed by atoms with Gasteiger partial charge in [0, 0.05) is 5.38 Å². The SMILES string of the molecule is CC(C)(C)CCS(=O)(=O)NC(=O)c1ccsc1. The predicted molar refractivity (Wildman–Crippen MR) is 69.6 cm³/mol. The van der Waals surface area contributed by atoms with Crippen LogP contribution in [-0.4, -0.2) is 20.1 Å². The topological polar surface area (TPSA) is 63.2 Å². The molecule has 0 bridgehead atoms. The zero-order valence-corrected chi connectivity index (χ0v) is 11.8. The lowest BCUT2D eigenvalue weighted by Crippen LogP contribution is -2.33. The van der Waals surface area contributed by atoms with Crippen molar-refractivity contribution in [2.45, 2.75) is 27.2 Å². The number of carbonyl (C=O) groups is 1. The number of amides is 1. The standard InChI is InChI=1S/C11H17NO3S2/c1-11(2,3)5-7-17(14,15)12-10(13)9-4-6-16-8-9/h4,6,8H,5,7H2,1-3H3,(H,12,13). The largest absolute Gasteiger partial charge is 0.268 e. The summed E-state index contributed by atoms with van der Waals surface area (Å²) in [5.41, 5.74) is 0.314. The number of rotatable bonds is 4. The molecule has 0 saturated heterocycles. The van der Waals surface area contributed by atoms with Crippen LogP contribution in [0, 0.1) is 5.41 Å². The Morgan fingerprint density at radius 3 is 2.53 bits per heavy atom. The molecule has 1 aromatic rings. The molecule has 0 saturated carbocycles. The van der Waals surface area contributed by atoms with Crippen molar-refractivity contribution >= 4 is 27.3 Å². The molecule has 4 nitrogen and oxygen atoms in total. The second kappa shape index (κ2) is 5.18. The molecule has 0 aromatic carbocycles. The van der Waals surface area contributed by atoms with E-state index in [1.807, 2.05) is 20.8 Å². The number of sulfonamides is 1. The first-order valence-corrected chi connectivity index (χ1v) is 7.86. The third-order valence-corrected chi connectivity index (χ3v) is 4.07. The van der Waals surface area contributed by atoms with Crippen LogP contribution < -0.4 is 4.72 Å². The second-order valence-corrected chi connectivity index (χ2v) is 7.69. The normalized spacial score (nSPS) is 12.4. The van der Waals surface area contributed by atoms with Crippen molar-refractivity contribution in [3.63, 3.8) is 0 Å². The minimum atomic E-state index is -3.53. The first-order chi connectivity index (χ1) is 7.70. The summed E-state index contributed by atoms with van der Waals surface area (Å²) in [6.07, 6.45) is 0.513. The van der Waals surface area contributed by atoms with Gasteiger partial charge in [0.05, 0.1) is 11.3 Å². The van der Waals surface area contributed by atoms with Gasteiger partial charge in [0.2, 0.25) is 10.0 Å². The summed E-state index contributed by atoms with van der Waals surface area (Å²) in [7, 11) is -3.53. The van der Waals surface area contributed by atoms with Crippen molar-refractivity contribution in [3.8, 4) is 0 Å². The predicted octanol–water partition coefficient (Wildman–Crippen LogP) is 2.24. The van der Waals surface area contributed by atoms with E-state index >= 15 is 0 Å². The number of carbonyl (C=O) groups excluding carboxylic acids is 1. The molecule has 0 radical (unpaired) electrons. The molecule has 0 aliphatic carbocycles. The highest BCUT2D eigenvalue weighted by molar-refractivity contribution is 7.90. The highest BCUT2D eigenvalue weighted by atomic mass is 32.2. The lowest BCUT2D eigenvalue weighted by Gasteiger charge is -2.17. The van der Waals surface area contributed by atoms with E-state index in [2.05, 4.69) is 4.72 Å². The lowest BCUT2D eigenvalue weighted by atomic mass is 9.94. The van der Waals surface area contributed by atoms with Gasteiger partial charge in [-0.1, -0.05) is 20.8 Å². The summed E-state index contributed by atoms with van der Waals surface area (Å²) in [4.78, 5) is 11.6. The van der Waals surface area contributed by atoms with Crippen LogP contribution in [0.15, 0.2) is 16.8 Å². The summed E-state index contributed by atoms with van der Waals surface area (Å²) >= 11 is 1.36. The van der Waals surface area contributed by atoms with Crippen molar-refractivity contribution in [2.75, 3.05) is 5.75 Å². The van der Waals surface area contributed by atoms with E-state index in [1.54, 1.807) is 16.8 Å². The van der Waals surface area contributed by atoms with Crippen LogP contribution in [0.3, 0.4) is 0 Å². The van der Waals surface area contributed by atoms with Crippen LogP contribution in [0.4, 0.5) is 0 Å². The molecule has 0 fully saturated rings. The van der Waals surface area contributed by atoms with Crippen molar-refractivity contribution in [2.24, 2.45) is 5.41 Å². The fourth-order valence-corrected chi connectivity index (χ4v) is 3.10. The van der Waals surface area contributed by atoms with E-state index in [-0.39, 0.29) is 11.2 Å². The Morgan fingerprint density at radius 1 is 1.41 bits per heavy atom. The maximum absolute atomic E-state index is 11.7. The van der Waals surface area contributed by atoms with Crippen LogP contribution in [0.25, 0.3) is 0 Å². The molecule has 17 heavy (non-hydrogen) atoms. The number of thiophene rings is 1. The zero-order valence-electron chi connectivity index (χ0n) is 10.2. The van der Waals surface area contributed by atoms with E-state index in [0.29, 0.717) is 12.0 Å². The van der Waals surface area contributed by atoms with Gasteiger partial charge in [0.25, 0.3) is 5.91 Å². The van der Waals surface area contributed by atoms with Crippen LogP contribution in [-0.2, 0) is 10.0 Å². The lowest BCUT2D eigenvalue weighted by molar-refractivity contribution is 0.0981. The van der Waals surface area contributed by atoms with Gasteiger partial charge in [0.15, 0.2) is 0 Å². The van der Waals surface area contributed by atoms with Crippen LogP contribution in [0.5, 0.6) is 0 Å². The highest BCUT2D eigenvalue weighted by Gasteiger charge is 2.20. The fraction of sp³-hybridized carbons (Fsp3) is 0.545. The van der Waals surface area contributed by atoms with Gasteiger partial charge in [-0.3, -0.25) is 4.79 Å². The summed E-state index contributed by atoms with van der Waals surface area (Å²) in [6, 6.07) is 1.60. The van der Waals surface area contributed by atoms with Gasteiger partial charge in [-0.2, -0.15) is 11.3 Å². The smallest absolute Gasteiger partial charge is 0.265 e. The van der Waals surface area contributed by atoms with E-state index in [0.717, 1.165) is 0 Å². The molecule has 1 N–H and O–H groups in total. The first-order valence-electron chi connectivity index (χ1n) is 5.27. The summed E-state index contributed by atoms with van der Waals surface area (Å²) in [5, 5.41) is 3.35. The van der Waals surface area contributed by atoms with Crippen molar-refractivity contribution < 1.29 is 13.2 Å². The third kappa shape index (κ3) is 5.32. The highest BCUT2D eigenvalue weighted by Crippen LogP contribution is 2.19. The second-order valence-electron chi connectivity index (χ2n) is 5.07. The van der Waals surface area contributed by atoms with Gasteiger partial charge >= 0.3 is 0 Å². The minimum absolute atomic E-state index is 0.0353. The molecular formula is C11H17NO3S2. The molecule has 6 heteroatoms. The van der Waals surface area contributed by atoms with Gasteiger partial charge in [-0.25, -0.2) is 13.1 Å². The van der Waals surface area contributed by atoms with Crippen molar-refractivity contribution in [3.05, 3.63) is 22.4 Å². The molecule has 1 heterocycles. The zero-order chi connectivity index (χ0) is 13.1. The molecule has 0 aliphatic heterocycles. The number of hydrogen-bond acceptors (Lipinski definition) is 4. The van der Waals surface area contributed by atoms with Crippen molar-refractivity contribution in [1.82, 2.24) is 4.72 Å². The number of hydrogen-bond donors (Lipinski definition) is 1. The average molecular weight is 275 g/mol. The van der Waals surface area contributed by atoms with E-state index in [9.17, 15) is 13.2 Å². The molecule has 1 rings (SSSR count). The Labute approximate surface area is 106 Å². The molecule has 1 amide bonds. The van der Waals surface area contributed by atoms with Gasteiger partial charge in [-0.15, -0.1) is 0 Å². The molecular weight excluding hydrogens is 258 g/mol. The Morgan fingerprint density at radius 2 is 2.06 bits per heavy atom. The van der Waals surface area contributed by atoms with E-state index in [4.69, 9.17) is 0 Å². The van der Waals surface area contributed by atoms with Gasteiger partial charge in [-0.05, 0) is 23.3 Å². The molecule has 1 aromatic heterocycles. The summed E-state index contributed by atoms with van der Waals surface area (Å²) < 4.78 is 25.4. The monoisotopic (exact) mass is 275 g/mol. The van der Waals surface area contributed by atoms with Gasteiger partial charge in [0.1, 0.15) is 0 Å². The quantitative estimate of drug-likeness (QED) is 0.916. The Bertz CT molecular complexity index is 469. The average Bonchev–Trinajstić information content (AvgIpc) is 2.66. The molecule has 0 unspecified atom stereocenters. The Kier molecular flexibility index (Phi) is 4.32. The van der Waals surface area contributed by atoms with Crippen LogP contribution in [0.2, 0.25) is 0 Å². The third-order valence-electron chi connectivity index (χ3n) is 2.15. The molecule has 0 aliphatic rings. The summed E-state index contributed by atoms with van der Waals surface area (Å²) in [5.74, 6) is -0.591. The number of nitrogens with one attached hydrogen (secondary N) is 1. The molecule has 96 valence electrons. The Hall–Kier alpha value is -0.880. The maximum Gasteiger partial charge on any atom is 0.265 e.